The first-order valence-electron chi connectivity index (χ1n) is 6.25. The Bertz CT molecular complexity index is 859. The van der Waals surface area contributed by atoms with Gasteiger partial charge in [0.05, 0.1) is 17.2 Å². The molecule has 2 aromatic carbocycles. The summed E-state index contributed by atoms with van der Waals surface area (Å²) >= 11 is 5.92. The number of H-pyrrole nitrogens is 1. The molecule has 3 rings (SSSR count). The quantitative estimate of drug-likeness (QED) is 0.751. The average molecular weight is 296 g/mol. The van der Waals surface area contributed by atoms with Gasteiger partial charge in [-0.15, -0.1) is 0 Å². The minimum Gasteiger partial charge on any atom is -0.360 e. The van der Waals surface area contributed by atoms with Crippen LogP contribution in [-0.4, -0.2) is 10.9 Å². The summed E-state index contributed by atoms with van der Waals surface area (Å²) in [6.45, 7) is 0. The molecular weight excluding hydrogens is 286 g/mol. The van der Waals surface area contributed by atoms with Gasteiger partial charge in [-0.05, 0) is 36.4 Å². The minimum atomic E-state index is -0.215. The number of carbonyl (C=O) groups excluding carboxylic acids is 1. The number of rotatable bonds is 2. The van der Waals surface area contributed by atoms with E-state index in [0.29, 0.717) is 21.8 Å². The second-order valence-electron chi connectivity index (χ2n) is 4.54. The third-order valence-corrected chi connectivity index (χ3v) is 3.40. The fraction of sp³-hybridized carbons (Fsp3) is 0. The summed E-state index contributed by atoms with van der Waals surface area (Å²) in [6, 6.07) is 14.1. The number of anilines is 1. The van der Waals surface area contributed by atoms with Crippen LogP contribution in [0.25, 0.3) is 10.9 Å². The molecule has 0 fully saturated rings. The highest BCUT2D eigenvalue weighted by molar-refractivity contribution is 6.31. The largest absolute Gasteiger partial charge is 0.360 e. The monoisotopic (exact) mass is 295 g/mol. The van der Waals surface area contributed by atoms with Crippen molar-refractivity contribution in [2.45, 2.75) is 0 Å². The second-order valence-corrected chi connectivity index (χ2v) is 4.97. The lowest BCUT2D eigenvalue weighted by molar-refractivity contribution is 0.102. The molecule has 0 aliphatic carbocycles. The number of carbonyl (C=O) groups is 1. The van der Waals surface area contributed by atoms with Gasteiger partial charge >= 0.3 is 0 Å². The summed E-state index contributed by atoms with van der Waals surface area (Å²) in [6.07, 6.45) is 1.65. The van der Waals surface area contributed by atoms with E-state index in [9.17, 15) is 4.79 Å². The fourth-order valence-electron chi connectivity index (χ4n) is 2.11. The Labute approximate surface area is 126 Å². The molecule has 0 aliphatic rings. The molecule has 21 heavy (non-hydrogen) atoms. The van der Waals surface area contributed by atoms with Crippen LogP contribution >= 0.6 is 11.6 Å². The summed E-state index contributed by atoms with van der Waals surface area (Å²) in [5.41, 5.74) is 2.55. The molecule has 0 unspecified atom stereocenters. The van der Waals surface area contributed by atoms with Crippen LogP contribution in [0.4, 0.5) is 5.69 Å². The van der Waals surface area contributed by atoms with Crippen LogP contribution in [0.15, 0.2) is 48.7 Å². The maximum atomic E-state index is 12.3. The molecule has 4 nitrogen and oxygen atoms in total. The fourth-order valence-corrected chi connectivity index (χ4v) is 2.28. The van der Waals surface area contributed by atoms with Gasteiger partial charge in [0.15, 0.2) is 0 Å². The number of nitrogens with one attached hydrogen (secondary N) is 2. The van der Waals surface area contributed by atoms with Gasteiger partial charge in [0.25, 0.3) is 5.91 Å². The normalized spacial score (nSPS) is 10.3. The van der Waals surface area contributed by atoms with Crippen LogP contribution in [0.3, 0.4) is 0 Å². The third kappa shape index (κ3) is 2.60. The lowest BCUT2D eigenvalue weighted by Gasteiger charge is -2.04. The average Bonchev–Trinajstić information content (AvgIpc) is 2.91. The van der Waals surface area contributed by atoms with Crippen molar-refractivity contribution in [2.75, 3.05) is 5.32 Å². The summed E-state index contributed by atoms with van der Waals surface area (Å²) in [5.74, 6) is -0.215. The number of fused-ring (bicyclic) bond motifs is 1. The predicted octanol–water partition coefficient (Wildman–Crippen LogP) is 3.95. The van der Waals surface area contributed by atoms with E-state index in [4.69, 9.17) is 16.9 Å². The first-order valence-corrected chi connectivity index (χ1v) is 6.63. The van der Waals surface area contributed by atoms with E-state index < -0.39 is 0 Å². The molecule has 0 bridgehead atoms. The van der Waals surface area contributed by atoms with Crippen molar-refractivity contribution in [3.63, 3.8) is 0 Å². The number of halogens is 1. The molecule has 2 N–H and O–H groups in total. The topological polar surface area (TPSA) is 68.7 Å². The molecule has 0 atom stereocenters. The zero-order valence-electron chi connectivity index (χ0n) is 10.9. The highest BCUT2D eigenvalue weighted by Crippen LogP contribution is 2.23. The molecule has 0 saturated heterocycles. The zero-order valence-corrected chi connectivity index (χ0v) is 11.6. The Hall–Kier alpha value is -2.77. The Kier molecular flexibility index (Phi) is 3.35. The molecule has 0 saturated carbocycles. The van der Waals surface area contributed by atoms with Crippen LogP contribution in [0.5, 0.6) is 0 Å². The standard InChI is InChI=1S/C16H10ClN3O/c17-11-3-6-13-14(9-19-15(13)7-11)16(21)20-12-4-1-10(8-18)2-5-12/h1-7,9,19H,(H,20,21). The molecule has 102 valence electrons. The Morgan fingerprint density at radius 2 is 1.95 bits per heavy atom. The molecule has 0 aliphatic heterocycles. The third-order valence-electron chi connectivity index (χ3n) is 3.16. The molecule has 5 heteroatoms. The number of hydrogen-bond acceptors (Lipinski definition) is 2. The summed E-state index contributed by atoms with van der Waals surface area (Å²) < 4.78 is 0. The van der Waals surface area contributed by atoms with Gasteiger partial charge in [-0.1, -0.05) is 17.7 Å². The lowest BCUT2D eigenvalue weighted by Crippen LogP contribution is -2.11. The maximum Gasteiger partial charge on any atom is 0.257 e. The Morgan fingerprint density at radius 3 is 2.67 bits per heavy atom. The second kappa shape index (κ2) is 5.31. The van der Waals surface area contributed by atoms with Crippen molar-refractivity contribution in [1.29, 1.82) is 5.26 Å². The summed E-state index contributed by atoms with van der Waals surface area (Å²) in [5, 5.41) is 13.0. The van der Waals surface area contributed by atoms with Crippen molar-refractivity contribution in [1.82, 2.24) is 4.98 Å². The van der Waals surface area contributed by atoms with E-state index >= 15 is 0 Å². The molecule has 1 amide bonds. The molecule has 1 heterocycles. The predicted molar refractivity (Wildman–Crippen MR) is 82.4 cm³/mol. The number of aromatic amines is 1. The number of aromatic nitrogens is 1. The SMILES string of the molecule is N#Cc1ccc(NC(=O)c2c[nH]c3cc(Cl)ccc23)cc1. The molecule has 3 aromatic rings. The number of nitriles is 1. The zero-order chi connectivity index (χ0) is 14.8. The summed E-state index contributed by atoms with van der Waals surface area (Å²) in [7, 11) is 0. The van der Waals surface area contributed by atoms with Gasteiger partial charge in [0, 0.05) is 27.8 Å². The van der Waals surface area contributed by atoms with Gasteiger partial charge in [-0.3, -0.25) is 4.79 Å². The number of hydrogen-bond donors (Lipinski definition) is 2. The molecule has 0 radical (unpaired) electrons. The van der Waals surface area contributed by atoms with Crippen molar-refractivity contribution in [2.24, 2.45) is 0 Å². The first kappa shape index (κ1) is 13.2. The first-order chi connectivity index (χ1) is 10.2. The van der Waals surface area contributed by atoms with Crippen LogP contribution in [0, 0.1) is 11.3 Å². The smallest absolute Gasteiger partial charge is 0.257 e. The molecular formula is C16H10ClN3O. The Morgan fingerprint density at radius 1 is 1.19 bits per heavy atom. The Balaban J connectivity index is 1.88. The van der Waals surface area contributed by atoms with Gasteiger partial charge in [0.2, 0.25) is 0 Å². The van der Waals surface area contributed by atoms with Gasteiger partial charge < -0.3 is 10.3 Å². The van der Waals surface area contributed by atoms with Crippen molar-refractivity contribution in [3.8, 4) is 6.07 Å². The van der Waals surface area contributed by atoms with E-state index in [-0.39, 0.29) is 5.91 Å². The minimum absolute atomic E-state index is 0.215. The van der Waals surface area contributed by atoms with Crippen LogP contribution in [-0.2, 0) is 0 Å². The molecule has 1 aromatic heterocycles. The van der Waals surface area contributed by atoms with E-state index in [2.05, 4.69) is 10.3 Å². The van der Waals surface area contributed by atoms with E-state index in [1.807, 2.05) is 12.1 Å². The van der Waals surface area contributed by atoms with Crippen LogP contribution in [0.2, 0.25) is 5.02 Å². The maximum absolute atomic E-state index is 12.3. The van der Waals surface area contributed by atoms with E-state index in [0.717, 1.165) is 10.9 Å². The number of nitrogens with zero attached hydrogens (tertiary/aromatic N) is 1. The van der Waals surface area contributed by atoms with Gasteiger partial charge in [0.1, 0.15) is 0 Å². The van der Waals surface area contributed by atoms with Crippen LogP contribution < -0.4 is 5.32 Å². The van der Waals surface area contributed by atoms with Crippen molar-refractivity contribution < 1.29 is 4.79 Å². The molecule has 0 spiro atoms. The summed E-state index contributed by atoms with van der Waals surface area (Å²) in [4.78, 5) is 15.3. The van der Waals surface area contributed by atoms with Crippen LogP contribution in [0.1, 0.15) is 15.9 Å². The lowest BCUT2D eigenvalue weighted by atomic mass is 10.1. The van der Waals surface area contributed by atoms with Gasteiger partial charge in [-0.2, -0.15) is 5.26 Å². The van der Waals surface area contributed by atoms with E-state index in [1.54, 1.807) is 42.6 Å². The van der Waals surface area contributed by atoms with E-state index in [1.165, 1.54) is 0 Å². The van der Waals surface area contributed by atoms with Gasteiger partial charge in [-0.25, -0.2) is 0 Å². The highest BCUT2D eigenvalue weighted by atomic mass is 35.5. The van der Waals surface area contributed by atoms with Crippen molar-refractivity contribution in [3.05, 3.63) is 64.8 Å². The van der Waals surface area contributed by atoms with Crippen molar-refractivity contribution >= 4 is 34.1 Å². The number of benzene rings is 2. The number of amides is 1. The highest BCUT2D eigenvalue weighted by Gasteiger charge is 2.12.